The van der Waals surface area contributed by atoms with Crippen molar-refractivity contribution in [3.8, 4) is 0 Å². The number of aryl methyl sites for hydroxylation is 1. The summed E-state index contributed by atoms with van der Waals surface area (Å²) in [5, 5.41) is 4.27. The highest BCUT2D eigenvalue weighted by atomic mass is 16.5. The Kier molecular flexibility index (Phi) is 7.38. The van der Waals surface area contributed by atoms with E-state index in [0.29, 0.717) is 25.3 Å². The fourth-order valence-electron chi connectivity index (χ4n) is 4.87. The van der Waals surface area contributed by atoms with Crippen molar-refractivity contribution >= 4 is 11.8 Å². The van der Waals surface area contributed by atoms with Crippen LogP contribution in [0.5, 0.6) is 0 Å². The molecule has 1 aromatic rings. The van der Waals surface area contributed by atoms with Crippen LogP contribution in [0.3, 0.4) is 0 Å². The van der Waals surface area contributed by atoms with Crippen LogP contribution in [-0.4, -0.2) is 95.3 Å². The molecule has 3 fully saturated rings. The number of amides is 2. The molecule has 3 aliphatic heterocycles. The summed E-state index contributed by atoms with van der Waals surface area (Å²) in [6.07, 6.45) is 8.29. The zero-order chi connectivity index (χ0) is 20.8. The lowest BCUT2D eigenvalue weighted by molar-refractivity contribution is -0.144. The highest BCUT2D eigenvalue weighted by Crippen LogP contribution is 2.25. The van der Waals surface area contributed by atoms with E-state index >= 15 is 0 Å². The summed E-state index contributed by atoms with van der Waals surface area (Å²) in [5.74, 6) is 1.08. The van der Waals surface area contributed by atoms with Crippen LogP contribution < -0.4 is 0 Å². The van der Waals surface area contributed by atoms with E-state index in [-0.39, 0.29) is 17.7 Å². The van der Waals surface area contributed by atoms with Crippen LogP contribution in [0.2, 0.25) is 0 Å². The number of nitrogens with zero attached hydrogens (tertiary/aromatic N) is 5. The van der Waals surface area contributed by atoms with Gasteiger partial charge < -0.3 is 14.5 Å². The molecule has 3 saturated heterocycles. The summed E-state index contributed by atoms with van der Waals surface area (Å²) in [5.41, 5.74) is 0. The molecule has 0 spiro atoms. The van der Waals surface area contributed by atoms with Crippen LogP contribution in [0.4, 0.5) is 0 Å². The molecule has 0 unspecified atom stereocenters. The van der Waals surface area contributed by atoms with Crippen molar-refractivity contribution in [3.05, 3.63) is 18.5 Å². The Hall–Kier alpha value is -1.93. The number of aromatic nitrogens is 2. The first-order valence-electron chi connectivity index (χ1n) is 11.5. The van der Waals surface area contributed by atoms with Crippen molar-refractivity contribution in [1.82, 2.24) is 24.5 Å². The maximum absolute atomic E-state index is 13.1. The molecular formula is C22H35N5O3. The lowest BCUT2D eigenvalue weighted by atomic mass is 9.91. The Morgan fingerprint density at radius 3 is 2.60 bits per heavy atom. The van der Waals surface area contributed by atoms with E-state index in [4.69, 9.17) is 4.74 Å². The second kappa shape index (κ2) is 10.4. The monoisotopic (exact) mass is 417 g/mol. The maximum atomic E-state index is 13.1. The van der Waals surface area contributed by atoms with Crippen LogP contribution in [0.15, 0.2) is 18.5 Å². The lowest BCUT2D eigenvalue weighted by Gasteiger charge is -2.38. The number of piperidine rings is 2. The molecule has 0 N–H and O–H groups in total. The van der Waals surface area contributed by atoms with E-state index in [1.54, 1.807) is 0 Å². The minimum absolute atomic E-state index is 0.0342. The van der Waals surface area contributed by atoms with Gasteiger partial charge in [-0.25, -0.2) is 0 Å². The first kappa shape index (κ1) is 21.3. The van der Waals surface area contributed by atoms with E-state index in [1.165, 1.54) is 0 Å². The topological polar surface area (TPSA) is 70.9 Å². The standard InChI is InChI=1S/C22H35N5O3/c28-21-3-2-20(18-26(21)13-12-24-14-16-30-17-15-24)22(29)25-9-4-19(5-10-25)6-11-27-8-1-7-23-27/h1,7-8,19-20H,2-6,9-18H2/t20-/m1/s1. The van der Waals surface area contributed by atoms with Crippen LogP contribution in [0, 0.1) is 11.8 Å². The predicted molar refractivity (Wildman–Crippen MR) is 113 cm³/mol. The van der Waals surface area contributed by atoms with Crippen molar-refractivity contribution in [2.75, 3.05) is 59.0 Å². The van der Waals surface area contributed by atoms with Gasteiger partial charge in [0.25, 0.3) is 0 Å². The highest BCUT2D eigenvalue weighted by molar-refractivity contribution is 5.84. The number of carbonyl (C=O) groups is 2. The molecule has 166 valence electrons. The quantitative estimate of drug-likeness (QED) is 0.664. The molecule has 8 nitrogen and oxygen atoms in total. The molecule has 2 amide bonds. The van der Waals surface area contributed by atoms with Gasteiger partial charge in [0.15, 0.2) is 0 Å². The van der Waals surface area contributed by atoms with Crippen molar-refractivity contribution in [2.24, 2.45) is 11.8 Å². The van der Waals surface area contributed by atoms with Crippen molar-refractivity contribution in [1.29, 1.82) is 0 Å². The molecule has 4 rings (SSSR count). The molecular weight excluding hydrogens is 382 g/mol. The average Bonchev–Trinajstić information content (AvgIpc) is 3.31. The fraction of sp³-hybridized carbons (Fsp3) is 0.773. The third-order valence-corrected chi connectivity index (χ3v) is 6.89. The Labute approximate surface area is 179 Å². The molecule has 30 heavy (non-hydrogen) atoms. The second-order valence-electron chi connectivity index (χ2n) is 8.86. The number of morpholine rings is 1. The van der Waals surface area contributed by atoms with Crippen molar-refractivity contribution < 1.29 is 14.3 Å². The van der Waals surface area contributed by atoms with Crippen LogP contribution >= 0.6 is 0 Å². The van der Waals surface area contributed by atoms with Crippen molar-refractivity contribution in [2.45, 2.75) is 38.6 Å². The Morgan fingerprint density at radius 1 is 1.07 bits per heavy atom. The van der Waals surface area contributed by atoms with E-state index in [0.717, 1.165) is 78.3 Å². The largest absolute Gasteiger partial charge is 0.379 e. The summed E-state index contributed by atoms with van der Waals surface area (Å²) in [6.45, 7) is 8.23. The van der Waals surface area contributed by atoms with Gasteiger partial charge in [-0.3, -0.25) is 19.2 Å². The third kappa shape index (κ3) is 5.60. The third-order valence-electron chi connectivity index (χ3n) is 6.89. The average molecular weight is 418 g/mol. The van der Waals surface area contributed by atoms with Gasteiger partial charge in [-0.2, -0.15) is 5.10 Å². The zero-order valence-electron chi connectivity index (χ0n) is 18.0. The molecule has 3 aliphatic rings. The van der Waals surface area contributed by atoms with Gasteiger partial charge in [0.2, 0.25) is 11.8 Å². The smallest absolute Gasteiger partial charge is 0.227 e. The predicted octanol–water partition coefficient (Wildman–Crippen LogP) is 1.08. The number of carbonyl (C=O) groups excluding carboxylic acids is 2. The second-order valence-corrected chi connectivity index (χ2v) is 8.86. The van der Waals surface area contributed by atoms with Crippen LogP contribution in [-0.2, 0) is 20.9 Å². The van der Waals surface area contributed by atoms with Gasteiger partial charge in [0.05, 0.1) is 19.1 Å². The molecule has 4 heterocycles. The number of rotatable bonds is 7. The number of likely N-dealkylation sites (tertiary alicyclic amines) is 2. The maximum Gasteiger partial charge on any atom is 0.227 e. The fourth-order valence-corrected chi connectivity index (χ4v) is 4.87. The van der Waals surface area contributed by atoms with Gasteiger partial charge in [-0.1, -0.05) is 0 Å². The number of hydrogen-bond donors (Lipinski definition) is 0. The first-order valence-corrected chi connectivity index (χ1v) is 11.5. The lowest BCUT2D eigenvalue weighted by Crippen LogP contribution is -2.50. The summed E-state index contributed by atoms with van der Waals surface area (Å²) in [4.78, 5) is 31.8. The van der Waals surface area contributed by atoms with E-state index in [9.17, 15) is 9.59 Å². The summed E-state index contributed by atoms with van der Waals surface area (Å²) in [6, 6.07) is 1.96. The van der Waals surface area contributed by atoms with Gasteiger partial charge >= 0.3 is 0 Å². The van der Waals surface area contributed by atoms with Gasteiger partial charge in [0.1, 0.15) is 0 Å². The molecule has 0 aliphatic carbocycles. The summed E-state index contributed by atoms with van der Waals surface area (Å²) < 4.78 is 7.38. The van der Waals surface area contributed by atoms with Gasteiger partial charge in [0, 0.05) is 71.2 Å². The first-order chi connectivity index (χ1) is 14.7. The molecule has 0 radical (unpaired) electrons. The SMILES string of the molecule is O=C1CC[C@@H](C(=O)N2CCC(CCn3cccn3)CC2)CN1CCN1CCOCC1. The van der Waals surface area contributed by atoms with E-state index < -0.39 is 0 Å². The Morgan fingerprint density at radius 2 is 1.87 bits per heavy atom. The highest BCUT2D eigenvalue weighted by Gasteiger charge is 2.34. The normalized spacial score (nSPS) is 24.4. The molecule has 8 heteroatoms. The summed E-state index contributed by atoms with van der Waals surface area (Å²) >= 11 is 0. The van der Waals surface area contributed by atoms with Crippen LogP contribution in [0.25, 0.3) is 0 Å². The number of hydrogen-bond acceptors (Lipinski definition) is 5. The molecule has 0 aromatic carbocycles. The molecule has 0 saturated carbocycles. The molecule has 0 bridgehead atoms. The minimum atomic E-state index is -0.0342. The Bertz CT molecular complexity index is 681. The molecule has 1 atom stereocenters. The van der Waals surface area contributed by atoms with E-state index in [1.807, 2.05) is 32.9 Å². The van der Waals surface area contributed by atoms with Gasteiger partial charge in [-0.15, -0.1) is 0 Å². The minimum Gasteiger partial charge on any atom is -0.379 e. The zero-order valence-corrected chi connectivity index (χ0v) is 18.0. The van der Waals surface area contributed by atoms with Crippen LogP contribution in [0.1, 0.15) is 32.1 Å². The summed E-state index contributed by atoms with van der Waals surface area (Å²) in [7, 11) is 0. The van der Waals surface area contributed by atoms with E-state index in [2.05, 4.69) is 10.00 Å². The van der Waals surface area contributed by atoms with Gasteiger partial charge in [-0.05, 0) is 37.7 Å². The van der Waals surface area contributed by atoms with Crippen molar-refractivity contribution in [3.63, 3.8) is 0 Å². The number of ether oxygens (including phenoxy) is 1. The Balaban J connectivity index is 1.20. The molecule has 1 aromatic heterocycles.